The minimum Gasteiger partial charge on any atom is -0.377 e. The largest absolute Gasteiger partial charge is 0.377 e. The van der Waals surface area contributed by atoms with E-state index in [0.29, 0.717) is 23.7 Å². The minimum atomic E-state index is -0.481. The molecule has 2 aromatic carbocycles. The zero-order valence-corrected chi connectivity index (χ0v) is 15.6. The van der Waals surface area contributed by atoms with E-state index in [1.54, 1.807) is 11.0 Å². The Morgan fingerprint density at radius 2 is 2.00 bits per heavy atom. The zero-order chi connectivity index (χ0) is 19.4. The quantitative estimate of drug-likeness (QED) is 0.626. The first-order chi connectivity index (χ1) is 13.0. The number of hydrogen-bond acceptors (Lipinski definition) is 5. The summed E-state index contributed by atoms with van der Waals surface area (Å²) < 4.78 is 0. The predicted octanol–water partition coefficient (Wildman–Crippen LogP) is 2.92. The van der Waals surface area contributed by atoms with E-state index >= 15 is 0 Å². The molecule has 1 atom stereocenters. The van der Waals surface area contributed by atoms with Crippen LogP contribution in [0, 0.1) is 16.0 Å². The molecule has 27 heavy (non-hydrogen) atoms. The van der Waals surface area contributed by atoms with Gasteiger partial charge in [-0.25, -0.2) is 0 Å². The van der Waals surface area contributed by atoms with Gasteiger partial charge in [-0.15, -0.1) is 0 Å². The Kier molecular flexibility index (Phi) is 5.59. The highest BCUT2D eigenvalue weighted by Crippen LogP contribution is 2.25. The van der Waals surface area contributed by atoms with E-state index in [1.165, 1.54) is 17.8 Å². The second kappa shape index (κ2) is 8.07. The number of rotatable bonds is 6. The number of nitro groups is 1. The van der Waals surface area contributed by atoms with Gasteiger partial charge in [0.2, 0.25) is 0 Å². The molecular weight excluding hydrogens is 344 g/mol. The molecule has 0 saturated carbocycles. The Morgan fingerprint density at radius 1 is 1.26 bits per heavy atom. The lowest BCUT2D eigenvalue weighted by atomic mass is 10.1. The molecule has 142 valence electrons. The van der Waals surface area contributed by atoms with Crippen molar-refractivity contribution in [3.8, 4) is 0 Å². The molecular formula is C20H24N4O3. The molecule has 0 aliphatic carbocycles. The van der Waals surface area contributed by atoms with Crippen molar-refractivity contribution in [2.45, 2.75) is 6.42 Å². The molecule has 1 aliphatic heterocycles. The van der Waals surface area contributed by atoms with Gasteiger partial charge < -0.3 is 15.1 Å². The number of nitrogens with one attached hydrogen (secondary N) is 1. The van der Waals surface area contributed by atoms with Crippen molar-refractivity contribution >= 4 is 23.0 Å². The number of anilines is 2. The summed E-state index contributed by atoms with van der Waals surface area (Å²) in [6.45, 7) is 2.40. The van der Waals surface area contributed by atoms with Crippen molar-refractivity contribution < 1.29 is 9.72 Å². The van der Waals surface area contributed by atoms with Crippen LogP contribution in [0.15, 0.2) is 48.5 Å². The van der Waals surface area contributed by atoms with Gasteiger partial charge in [0.25, 0.3) is 11.6 Å². The maximum atomic E-state index is 12.7. The van der Waals surface area contributed by atoms with E-state index in [9.17, 15) is 14.9 Å². The van der Waals surface area contributed by atoms with Gasteiger partial charge in [-0.1, -0.05) is 18.2 Å². The van der Waals surface area contributed by atoms with Crippen LogP contribution in [0.1, 0.15) is 16.8 Å². The Labute approximate surface area is 158 Å². The van der Waals surface area contributed by atoms with Gasteiger partial charge in [-0.05, 0) is 30.5 Å². The van der Waals surface area contributed by atoms with Gasteiger partial charge in [0.15, 0.2) is 0 Å². The van der Waals surface area contributed by atoms with Crippen molar-refractivity contribution in [2.75, 3.05) is 43.5 Å². The van der Waals surface area contributed by atoms with Gasteiger partial charge >= 0.3 is 0 Å². The van der Waals surface area contributed by atoms with Gasteiger partial charge in [-0.2, -0.15) is 0 Å². The van der Waals surface area contributed by atoms with Crippen molar-refractivity contribution in [3.63, 3.8) is 0 Å². The topological polar surface area (TPSA) is 78.7 Å². The molecule has 0 bridgehead atoms. The van der Waals surface area contributed by atoms with Crippen molar-refractivity contribution in [3.05, 3.63) is 64.2 Å². The lowest BCUT2D eigenvalue weighted by molar-refractivity contribution is -0.384. The molecule has 0 radical (unpaired) electrons. The number of hydrogen-bond donors (Lipinski definition) is 1. The standard InChI is InChI=1S/C20H24N4O3/c1-22(2)19-9-8-17(24(26)27)12-18(19)20(25)21-13-15-10-11-23(14-15)16-6-4-3-5-7-16/h3-9,12,15H,10-11,13-14H2,1-2H3,(H,21,25). The number of benzene rings is 2. The number of carbonyl (C=O) groups is 1. The normalized spacial score (nSPS) is 16.2. The maximum Gasteiger partial charge on any atom is 0.270 e. The van der Waals surface area contributed by atoms with Crippen LogP contribution in [-0.2, 0) is 0 Å². The first-order valence-corrected chi connectivity index (χ1v) is 8.99. The summed E-state index contributed by atoms with van der Waals surface area (Å²) >= 11 is 0. The van der Waals surface area contributed by atoms with Gasteiger partial charge in [0.1, 0.15) is 0 Å². The van der Waals surface area contributed by atoms with E-state index in [1.807, 2.05) is 32.3 Å². The molecule has 1 unspecified atom stereocenters. The summed E-state index contributed by atoms with van der Waals surface area (Å²) in [6, 6.07) is 14.6. The average Bonchev–Trinajstić information content (AvgIpc) is 3.15. The van der Waals surface area contributed by atoms with Crippen LogP contribution in [0.4, 0.5) is 17.1 Å². The molecule has 1 heterocycles. The maximum absolute atomic E-state index is 12.7. The van der Waals surface area contributed by atoms with Gasteiger partial charge in [0, 0.05) is 57.2 Å². The summed E-state index contributed by atoms with van der Waals surface area (Å²) in [4.78, 5) is 27.3. The summed E-state index contributed by atoms with van der Waals surface area (Å²) in [7, 11) is 3.62. The van der Waals surface area contributed by atoms with Crippen molar-refractivity contribution in [2.24, 2.45) is 5.92 Å². The summed E-state index contributed by atoms with van der Waals surface area (Å²) in [6.07, 6.45) is 1.00. The highest BCUT2D eigenvalue weighted by Gasteiger charge is 2.24. The second-order valence-corrected chi connectivity index (χ2v) is 7.00. The molecule has 1 amide bonds. The van der Waals surface area contributed by atoms with Crippen molar-refractivity contribution in [1.29, 1.82) is 0 Å². The first-order valence-electron chi connectivity index (χ1n) is 8.99. The van der Waals surface area contributed by atoms with E-state index < -0.39 is 4.92 Å². The monoisotopic (exact) mass is 368 g/mol. The predicted molar refractivity (Wildman–Crippen MR) is 107 cm³/mol. The number of carbonyl (C=O) groups excluding carboxylic acids is 1. The third-order valence-electron chi connectivity index (χ3n) is 4.88. The Morgan fingerprint density at radius 3 is 2.67 bits per heavy atom. The summed E-state index contributed by atoms with van der Waals surface area (Å²) in [5, 5.41) is 14.0. The summed E-state index contributed by atoms with van der Waals surface area (Å²) in [5.41, 5.74) is 2.10. The first kappa shape index (κ1) is 18.7. The van der Waals surface area contributed by atoms with Crippen LogP contribution in [0.5, 0.6) is 0 Å². The van der Waals surface area contributed by atoms with Crippen LogP contribution in [0.2, 0.25) is 0 Å². The van der Waals surface area contributed by atoms with E-state index in [0.717, 1.165) is 19.5 Å². The van der Waals surface area contributed by atoms with Crippen LogP contribution in [0.3, 0.4) is 0 Å². The number of non-ortho nitro benzene ring substituents is 1. The molecule has 1 N–H and O–H groups in total. The zero-order valence-electron chi connectivity index (χ0n) is 15.6. The molecule has 7 heteroatoms. The Bertz CT molecular complexity index is 823. The Hall–Kier alpha value is -3.09. The van der Waals surface area contributed by atoms with E-state index in [4.69, 9.17) is 0 Å². The number of amides is 1. The molecule has 1 fully saturated rings. The molecule has 7 nitrogen and oxygen atoms in total. The highest BCUT2D eigenvalue weighted by molar-refractivity contribution is 6.00. The highest BCUT2D eigenvalue weighted by atomic mass is 16.6. The van der Waals surface area contributed by atoms with E-state index in [-0.39, 0.29) is 11.6 Å². The molecule has 1 aliphatic rings. The number of nitro benzene ring substituents is 1. The third kappa shape index (κ3) is 4.36. The SMILES string of the molecule is CN(C)c1ccc([N+](=O)[O-])cc1C(=O)NCC1CCN(c2ccccc2)C1. The molecule has 2 aromatic rings. The van der Waals surface area contributed by atoms with Gasteiger partial charge in [-0.3, -0.25) is 14.9 Å². The lowest BCUT2D eigenvalue weighted by Gasteiger charge is -2.19. The molecule has 0 aromatic heterocycles. The van der Waals surface area contributed by atoms with E-state index in [2.05, 4.69) is 22.3 Å². The van der Waals surface area contributed by atoms with Crippen molar-refractivity contribution in [1.82, 2.24) is 5.32 Å². The fourth-order valence-electron chi connectivity index (χ4n) is 3.41. The number of nitrogens with zero attached hydrogens (tertiary/aromatic N) is 3. The van der Waals surface area contributed by atoms with Crippen LogP contribution in [0.25, 0.3) is 0 Å². The smallest absolute Gasteiger partial charge is 0.270 e. The number of para-hydroxylation sites is 1. The third-order valence-corrected chi connectivity index (χ3v) is 4.88. The van der Waals surface area contributed by atoms with Gasteiger partial charge in [0.05, 0.1) is 10.5 Å². The fraction of sp³-hybridized carbons (Fsp3) is 0.350. The van der Waals surface area contributed by atoms with Crippen LogP contribution >= 0.6 is 0 Å². The molecule has 3 rings (SSSR count). The Balaban J connectivity index is 1.64. The fourth-order valence-corrected chi connectivity index (χ4v) is 3.41. The molecule has 1 saturated heterocycles. The molecule has 0 spiro atoms. The minimum absolute atomic E-state index is 0.0816. The summed E-state index contributed by atoms with van der Waals surface area (Å²) in [5.74, 6) is 0.0798. The average molecular weight is 368 g/mol. The van der Waals surface area contributed by atoms with Crippen LogP contribution < -0.4 is 15.1 Å². The second-order valence-electron chi connectivity index (χ2n) is 7.00. The van der Waals surface area contributed by atoms with Crippen LogP contribution in [-0.4, -0.2) is 44.6 Å². The lowest BCUT2D eigenvalue weighted by Crippen LogP contribution is -2.32.